The highest BCUT2D eigenvalue weighted by Gasteiger charge is 2.16. The van der Waals surface area contributed by atoms with Crippen molar-refractivity contribution in [2.24, 2.45) is 5.92 Å². The second kappa shape index (κ2) is 8.53. The molecule has 2 N–H and O–H groups in total. The summed E-state index contributed by atoms with van der Waals surface area (Å²) in [6.45, 7) is 8.94. The van der Waals surface area contributed by atoms with Crippen LogP contribution >= 0.6 is 0 Å². The summed E-state index contributed by atoms with van der Waals surface area (Å²) < 4.78 is 5.32. The van der Waals surface area contributed by atoms with Gasteiger partial charge in [0, 0.05) is 13.0 Å². The highest BCUT2D eigenvalue weighted by atomic mass is 16.5. The molecule has 0 radical (unpaired) electrons. The zero-order valence-electron chi connectivity index (χ0n) is 10.8. The molecule has 0 aromatic carbocycles. The van der Waals surface area contributed by atoms with E-state index < -0.39 is 6.10 Å². The van der Waals surface area contributed by atoms with Gasteiger partial charge in [-0.1, -0.05) is 13.8 Å². The van der Waals surface area contributed by atoms with Crippen molar-refractivity contribution in [1.29, 1.82) is 0 Å². The van der Waals surface area contributed by atoms with Crippen molar-refractivity contribution in [2.75, 3.05) is 13.2 Å². The number of aliphatic hydroxyl groups excluding tert-OH is 1. The van der Waals surface area contributed by atoms with E-state index in [4.69, 9.17) is 9.84 Å². The summed E-state index contributed by atoms with van der Waals surface area (Å²) >= 11 is 0. The molecule has 0 fully saturated rings. The van der Waals surface area contributed by atoms with Crippen molar-refractivity contribution in [1.82, 2.24) is 5.32 Å². The third-order valence-electron chi connectivity index (χ3n) is 2.44. The zero-order chi connectivity index (χ0) is 12.6. The first kappa shape index (κ1) is 15.4. The van der Waals surface area contributed by atoms with Crippen molar-refractivity contribution in [3.63, 3.8) is 0 Å². The normalized spacial score (nSPS) is 14.9. The van der Waals surface area contributed by atoms with Crippen molar-refractivity contribution < 1.29 is 14.6 Å². The fourth-order valence-corrected chi connectivity index (χ4v) is 1.26. The second-order valence-electron chi connectivity index (χ2n) is 4.47. The van der Waals surface area contributed by atoms with Crippen LogP contribution in [0.1, 0.15) is 40.5 Å². The molecule has 16 heavy (non-hydrogen) atoms. The summed E-state index contributed by atoms with van der Waals surface area (Å²) in [6.07, 6.45) is 0.452. The molecule has 0 rings (SSSR count). The van der Waals surface area contributed by atoms with Crippen LogP contribution in [0.5, 0.6) is 0 Å². The molecular weight excluding hydrogens is 206 g/mol. The largest absolute Gasteiger partial charge is 0.393 e. The minimum Gasteiger partial charge on any atom is -0.393 e. The van der Waals surface area contributed by atoms with E-state index in [2.05, 4.69) is 19.2 Å². The van der Waals surface area contributed by atoms with Crippen molar-refractivity contribution in [3.8, 4) is 0 Å². The number of nitrogens with one attached hydrogen (secondary N) is 1. The summed E-state index contributed by atoms with van der Waals surface area (Å²) in [4.78, 5) is 11.5. The molecule has 0 spiro atoms. The molecule has 2 unspecified atom stereocenters. The molecule has 0 heterocycles. The number of carbonyl (C=O) groups is 1. The molecule has 2 atom stereocenters. The average molecular weight is 231 g/mol. The summed E-state index contributed by atoms with van der Waals surface area (Å²) in [5.74, 6) is 0.335. The standard InChI is InChI=1S/C12H25NO3/c1-5-16-8-11(9(2)3)13-12(15)7-6-10(4)14/h9-11,14H,5-8H2,1-4H3,(H,13,15). The Bertz CT molecular complexity index is 193. The van der Waals surface area contributed by atoms with Crippen LogP contribution in [0.15, 0.2) is 0 Å². The van der Waals surface area contributed by atoms with E-state index >= 15 is 0 Å². The van der Waals surface area contributed by atoms with Crippen LogP contribution in [-0.2, 0) is 9.53 Å². The molecule has 96 valence electrons. The second-order valence-corrected chi connectivity index (χ2v) is 4.47. The Hall–Kier alpha value is -0.610. The summed E-state index contributed by atoms with van der Waals surface area (Å²) in [6, 6.07) is 0.0569. The Morgan fingerprint density at radius 2 is 2.00 bits per heavy atom. The van der Waals surface area contributed by atoms with Crippen LogP contribution in [0.2, 0.25) is 0 Å². The van der Waals surface area contributed by atoms with E-state index in [-0.39, 0.29) is 11.9 Å². The van der Waals surface area contributed by atoms with E-state index in [1.807, 2.05) is 6.92 Å². The van der Waals surface area contributed by atoms with E-state index in [1.165, 1.54) is 0 Å². The fourth-order valence-electron chi connectivity index (χ4n) is 1.26. The molecule has 0 aromatic rings. The van der Waals surface area contributed by atoms with E-state index in [0.717, 1.165) is 0 Å². The van der Waals surface area contributed by atoms with Gasteiger partial charge in [0.2, 0.25) is 5.91 Å². The third-order valence-corrected chi connectivity index (χ3v) is 2.44. The first-order chi connectivity index (χ1) is 7.47. The molecule has 4 heteroatoms. The molecule has 0 aliphatic carbocycles. The van der Waals surface area contributed by atoms with Gasteiger partial charge in [-0.05, 0) is 26.2 Å². The van der Waals surface area contributed by atoms with Gasteiger partial charge in [-0.2, -0.15) is 0 Å². The number of hydrogen-bond donors (Lipinski definition) is 2. The van der Waals surface area contributed by atoms with E-state index in [0.29, 0.717) is 32.0 Å². The lowest BCUT2D eigenvalue weighted by molar-refractivity contribution is -0.123. The van der Waals surface area contributed by atoms with E-state index in [9.17, 15) is 4.79 Å². The number of amides is 1. The van der Waals surface area contributed by atoms with Crippen molar-refractivity contribution in [2.45, 2.75) is 52.7 Å². The van der Waals surface area contributed by atoms with Crippen LogP contribution in [-0.4, -0.2) is 36.4 Å². The highest BCUT2D eigenvalue weighted by Crippen LogP contribution is 2.04. The van der Waals surface area contributed by atoms with Gasteiger partial charge in [0.25, 0.3) is 0 Å². The molecule has 0 aromatic heterocycles. The molecule has 0 bridgehead atoms. The van der Waals surface area contributed by atoms with Gasteiger partial charge < -0.3 is 15.2 Å². The monoisotopic (exact) mass is 231 g/mol. The van der Waals surface area contributed by atoms with Gasteiger partial charge in [0.1, 0.15) is 0 Å². The van der Waals surface area contributed by atoms with Gasteiger partial charge in [-0.15, -0.1) is 0 Å². The van der Waals surface area contributed by atoms with Crippen LogP contribution in [0.3, 0.4) is 0 Å². The Kier molecular flexibility index (Phi) is 8.21. The molecule has 4 nitrogen and oxygen atoms in total. The number of aliphatic hydroxyl groups is 1. The lowest BCUT2D eigenvalue weighted by Gasteiger charge is -2.22. The van der Waals surface area contributed by atoms with Crippen molar-refractivity contribution >= 4 is 5.91 Å². The Labute approximate surface area is 98.4 Å². The number of rotatable bonds is 8. The molecule has 0 saturated heterocycles. The van der Waals surface area contributed by atoms with E-state index in [1.54, 1.807) is 6.92 Å². The number of hydrogen-bond acceptors (Lipinski definition) is 3. The predicted molar refractivity (Wildman–Crippen MR) is 64.2 cm³/mol. The first-order valence-electron chi connectivity index (χ1n) is 6.02. The van der Waals surface area contributed by atoms with Gasteiger partial charge in [-0.3, -0.25) is 4.79 Å². The maximum absolute atomic E-state index is 11.5. The fraction of sp³-hybridized carbons (Fsp3) is 0.917. The van der Waals surface area contributed by atoms with Gasteiger partial charge in [0.15, 0.2) is 0 Å². The maximum atomic E-state index is 11.5. The lowest BCUT2D eigenvalue weighted by atomic mass is 10.0. The Balaban J connectivity index is 3.93. The van der Waals surface area contributed by atoms with Crippen LogP contribution in [0, 0.1) is 5.92 Å². The number of carbonyl (C=O) groups excluding carboxylic acids is 1. The van der Waals surface area contributed by atoms with Crippen LogP contribution < -0.4 is 5.32 Å². The average Bonchev–Trinajstić information content (AvgIpc) is 2.20. The Morgan fingerprint density at radius 3 is 2.44 bits per heavy atom. The van der Waals surface area contributed by atoms with Crippen LogP contribution in [0.4, 0.5) is 0 Å². The molecule has 0 aliphatic heterocycles. The molecular formula is C12H25NO3. The summed E-state index contributed by atoms with van der Waals surface area (Å²) in [5, 5.41) is 12.0. The lowest BCUT2D eigenvalue weighted by Crippen LogP contribution is -2.42. The minimum atomic E-state index is -0.421. The molecule has 0 saturated carbocycles. The predicted octanol–water partition coefficient (Wildman–Crippen LogP) is 1.32. The maximum Gasteiger partial charge on any atom is 0.220 e. The van der Waals surface area contributed by atoms with Crippen molar-refractivity contribution in [3.05, 3.63) is 0 Å². The topological polar surface area (TPSA) is 58.6 Å². The van der Waals surface area contributed by atoms with Gasteiger partial charge in [-0.25, -0.2) is 0 Å². The SMILES string of the molecule is CCOCC(NC(=O)CCC(C)O)C(C)C. The summed E-state index contributed by atoms with van der Waals surface area (Å²) in [5.41, 5.74) is 0. The zero-order valence-corrected chi connectivity index (χ0v) is 10.8. The van der Waals surface area contributed by atoms with Crippen LogP contribution in [0.25, 0.3) is 0 Å². The smallest absolute Gasteiger partial charge is 0.220 e. The molecule has 0 aliphatic rings. The summed E-state index contributed by atoms with van der Waals surface area (Å²) in [7, 11) is 0. The highest BCUT2D eigenvalue weighted by molar-refractivity contribution is 5.76. The van der Waals surface area contributed by atoms with Gasteiger partial charge in [0.05, 0.1) is 18.8 Å². The first-order valence-corrected chi connectivity index (χ1v) is 6.02. The third kappa shape index (κ3) is 7.65. The molecule has 1 amide bonds. The quantitative estimate of drug-likeness (QED) is 0.662. The van der Waals surface area contributed by atoms with Gasteiger partial charge >= 0.3 is 0 Å². The number of ether oxygens (including phenoxy) is 1. The minimum absolute atomic E-state index is 0.0145. The Morgan fingerprint density at radius 1 is 1.38 bits per heavy atom.